The lowest BCUT2D eigenvalue weighted by Gasteiger charge is -2.29. The SMILES string of the molecule is Cc1ccc(Pc2cc(C)cc(C(C)(C)C)c2O)c(CN2CCCCC2)c1.Cc1ccc(Pc2cc(C)cc(C)c2O)c(CN2CCCCC2)c1.Cc1ccc(Pc2cc(C)ccc2O)c(CN2CCCCC2)c1.Cc1ccc(Pc2cccc(C)c2O)c(CN2CCCCC2)c1.Cc1ccc(Pc2ccccc2O)c(CN2CCCCC2)c1.Cc1cccc(CN2CCCCC2)c1Pc1cc(C(C)(C)C)cc(C(C)(C)C)c1O. The Bertz CT molecular complexity index is 6290. The van der Waals surface area contributed by atoms with Crippen molar-refractivity contribution >= 4 is 115 Å². The number of rotatable bonds is 24. The summed E-state index contributed by atoms with van der Waals surface area (Å²) in [5.41, 5.74) is 25.4. The molecule has 0 spiro atoms. The predicted molar refractivity (Wildman–Crippen MR) is 656 cm³/mol. The number of benzene rings is 12. The summed E-state index contributed by atoms with van der Waals surface area (Å²) in [6.07, 6.45) is 24.0. The van der Waals surface area contributed by atoms with E-state index in [1.54, 1.807) is 6.07 Å². The molecule has 0 saturated carbocycles. The molecule has 6 fully saturated rings. The molecule has 6 saturated heterocycles. The van der Waals surface area contributed by atoms with Crippen molar-refractivity contribution in [3.05, 3.63) is 318 Å². The molecule has 6 unspecified atom stereocenters. The summed E-state index contributed by atoms with van der Waals surface area (Å²) < 4.78 is 0. The van der Waals surface area contributed by atoms with Crippen molar-refractivity contribution in [3.8, 4) is 34.5 Å². The van der Waals surface area contributed by atoms with Gasteiger partial charge in [0, 0.05) is 82.2 Å². The maximum Gasteiger partial charge on any atom is 0.127 e. The summed E-state index contributed by atoms with van der Waals surface area (Å²) in [5, 5.41) is 77.8. The molecule has 6 atom stereocenters. The van der Waals surface area contributed by atoms with E-state index in [1.807, 2.05) is 68.4 Å². The number of phenolic OH excluding ortho intramolecular Hbond substituents is 6. The Balaban J connectivity index is 0.000000150. The molecule has 0 radical (unpaired) electrons. The largest absolute Gasteiger partial charge is 0.507 e. The fourth-order valence-electron chi connectivity index (χ4n) is 21.3. The summed E-state index contributed by atoms with van der Waals surface area (Å²) in [6.45, 7) is 63.9. The van der Waals surface area contributed by atoms with Crippen LogP contribution < -0.4 is 63.7 Å². The van der Waals surface area contributed by atoms with Crippen molar-refractivity contribution < 1.29 is 30.6 Å². The highest BCUT2D eigenvalue weighted by Crippen LogP contribution is 2.40. The van der Waals surface area contributed by atoms with Crippen molar-refractivity contribution in [1.82, 2.24) is 29.4 Å². The van der Waals surface area contributed by atoms with Crippen molar-refractivity contribution in [3.63, 3.8) is 0 Å². The van der Waals surface area contributed by atoms with Gasteiger partial charge < -0.3 is 30.6 Å². The van der Waals surface area contributed by atoms with Crippen LogP contribution in [-0.4, -0.2) is 139 Å². The third-order valence-corrected chi connectivity index (χ3v) is 38.6. The summed E-state index contributed by atoms with van der Waals surface area (Å²) in [6, 6.07) is 73.1. The third kappa shape index (κ3) is 36.2. The number of para-hydroxylation sites is 2. The molecule has 18 rings (SSSR count). The Morgan fingerprint density at radius 2 is 0.483 bits per heavy atom. The van der Waals surface area contributed by atoms with Crippen LogP contribution in [0.4, 0.5) is 0 Å². The monoisotopic (exact) mass is 2120 g/mol. The second-order valence-corrected chi connectivity index (χ2v) is 54.5. The first kappa shape index (κ1) is 118. The number of aryl methyl sites for hydroxylation is 11. The van der Waals surface area contributed by atoms with E-state index in [9.17, 15) is 30.6 Å². The number of phenols is 6. The fraction of sp³-hybridized carbons (Fsp3) is 0.450. The zero-order valence-corrected chi connectivity index (χ0v) is 100.0. The second kappa shape index (κ2) is 56.8. The van der Waals surface area contributed by atoms with E-state index in [-0.39, 0.29) is 16.2 Å². The fourth-order valence-corrected chi connectivity index (χ4v) is 29.0. The molecule has 0 aromatic heterocycles. The molecule has 6 N–H and O–H groups in total. The number of piperidine rings is 6. The van der Waals surface area contributed by atoms with Gasteiger partial charge in [-0.15, -0.1) is 0 Å². The quantitative estimate of drug-likeness (QED) is 0.0321. The molecule has 0 amide bonds. The maximum atomic E-state index is 11.3. The van der Waals surface area contributed by atoms with Crippen LogP contribution in [0.2, 0.25) is 0 Å². The normalized spacial score (nSPS) is 16.3. The van der Waals surface area contributed by atoms with Gasteiger partial charge in [0.05, 0.1) is 0 Å². The van der Waals surface area contributed by atoms with E-state index in [2.05, 4.69) is 300 Å². The minimum Gasteiger partial charge on any atom is -0.507 e. The van der Waals surface area contributed by atoms with Gasteiger partial charge in [-0.05, 0) is 383 Å². The van der Waals surface area contributed by atoms with E-state index in [0.29, 0.717) is 86.0 Å². The summed E-state index contributed by atoms with van der Waals surface area (Å²) in [7, 11) is 3.00. The maximum absolute atomic E-state index is 11.3. The number of hydrogen-bond acceptors (Lipinski definition) is 12. The summed E-state index contributed by atoms with van der Waals surface area (Å²) in [5.74, 6) is 2.71. The Kier molecular flexibility index (Phi) is 44.9. The van der Waals surface area contributed by atoms with Gasteiger partial charge in [0.25, 0.3) is 0 Å². The first-order valence-electron chi connectivity index (χ1n) is 55.6. The topological polar surface area (TPSA) is 141 Å². The lowest BCUT2D eigenvalue weighted by atomic mass is 9.80. The molecule has 149 heavy (non-hydrogen) atoms. The molecule has 0 bridgehead atoms. The van der Waals surface area contributed by atoms with E-state index < -0.39 is 0 Å². The molecule has 6 aliphatic heterocycles. The van der Waals surface area contributed by atoms with Gasteiger partial charge in [0.2, 0.25) is 0 Å². The number of likely N-dealkylation sites (tertiary alicyclic amines) is 6. The van der Waals surface area contributed by atoms with Crippen LogP contribution >= 0.6 is 51.5 Å². The van der Waals surface area contributed by atoms with Gasteiger partial charge >= 0.3 is 0 Å². The molecule has 6 heterocycles. The Hall–Kier alpha value is -8.22. The summed E-state index contributed by atoms with van der Waals surface area (Å²) >= 11 is 0. The minimum atomic E-state index is -0.0903. The second-order valence-electron chi connectivity index (χ2n) is 46.5. The van der Waals surface area contributed by atoms with Gasteiger partial charge in [-0.1, -0.05) is 356 Å². The van der Waals surface area contributed by atoms with Crippen LogP contribution in [0.5, 0.6) is 34.5 Å². The molecule has 6 aliphatic rings. The number of hydrogen-bond donors (Lipinski definition) is 6. The predicted octanol–water partition coefficient (Wildman–Crippen LogP) is 25.3. The molecular weight excluding hydrogens is 1940 g/mol. The zero-order valence-electron chi connectivity index (χ0n) is 94.0. The van der Waals surface area contributed by atoms with E-state index >= 15 is 0 Å². The van der Waals surface area contributed by atoms with Crippen LogP contribution in [-0.2, 0) is 55.5 Å². The summed E-state index contributed by atoms with van der Waals surface area (Å²) in [4.78, 5) is 15.5. The molecule has 12 aromatic rings. The van der Waals surface area contributed by atoms with Gasteiger partial charge in [-0.2, -0.15) is 0 Å². The van der Waals surface area contributed by atoms with Crippen LogP contribution in [0.3, 0.4) is 0 Å². The van der Waals surface area contributed by atoms with Crippen molar-refractivity contribution in [2.75, 3.05) is 78.5 Å². The van der Waals surface area contributed by atoms with Crippen LogP contribution in [0.25, 0.3) is 0 Å². The lowest BCUT2D eigenvalue weighted by molar-refractivity contribution is 0.221. The number of nitrogens with zero attached hydrogens (tertiary/aromatic N) is 6. The van der Waals surface area contributed by atoms with Gasteiger partial charge in [0.1, 0.15) is 34.5 Å². The third-order valence-electron chi connectivity index (χ3n) is 29.9. The van der Waals surface area contributed by atoms with E-state index in [1.165, 1.54) is 315 Å². The smallest absolute Gasteiger partial charge is 0.127 e. The molecular formula is C131H178N6O6P6. The highest BCUT2D eigenvalue weighted by molar-refractivity contribution is 7.57. The average molecular weight is 2120 g/mol. The highest BCUT2D eigenvalue weighted by Gasteiger charge is 2.30. The first-order chi connectivity index (χ1) is 71.2. The Morgan fingerprint density at radius 3 is 0.859 bits per heavy atom. The van der Waals surface area contributed by atoms with E-state index in [0.717, 1.165) is 93.3 Å². The Morgan fingerprint density at radius 1 is 0.201 bits per heavy atom. The number of aromatic hydroxyl groups is 6. The lowest BCUT2D eigenvalue weighted by Crippen LogP contribution is -2.31. The van der Waals surface area contributed by atoms with Gasteiger partial charge in [-0.25, -0.2) is 0 Å². The zero-order chi connectivity index (χ0) is 107. The van der Waals surface area contributed by atoms with Crippen molar-refractivity contribution in [2.45, 2.75) is 310 Å². The standard InChI is InChI=1S/C27H40NOP.C24H34NOP.C21H28NOP.2C20H26NOP.C19H24NOP/c1-19-12-11-13-20(18-28-14-9-8-10-15-28)25(19)30-23-17-21(26(2,3)4)16-22(24(23)29)27(5,6)7;1-17-9-10-21(19(13-17)16-25-11-7-6-8-12-25)27-22-15-18(2)14-20(23(22)26)24(3,4)5;1-15-7-8-19(18(12-15)14-22-9-5-4-6-10-22)24-20-13-16(2)11-17(3)21(20)23;1-15-7-9-19(23-20-13-16(2)6-8-18(20)22)17(12-15)14-21-10-4-3-5-11-21;1-15-9-10-18(23-19-8-6-7-16(2)20(19)22)17(13-15)14-21-11-4-3-5-12-21;1-15-9-10-18(22-19-8-4-3-7-17(19)21)16(13-15)14-20-11-5-2-6-12-20/h11-13,16-17,29-30H,8-10,14-15,18H2,1-7H3;9-10,13-15,26-27H,6-8,11-12,16H2,1-5H3;7-8,11-13,23-24H,4-6,9-10,14H2,1-3H3;6-9,12-13,22-23H,3-5,10-11,14H2,1-2H3;6-10,13,22-23H,3-5,11-12,14H2,1-2H3;3-4,7-10,13,21-22H,2,5-6,11-12,14H2,1H3. The molecule has 0 aliphatic carbocycles. The van der Waals surface area contributed by atoms with Gasteiger partial charge in [0.15, 0.2) is 0 Å². The molecule has 18 heteroatoms. The molecule has 12 nitrogen and oxygen atoms in total. The Labute approximate surface area is 908 Å². The van der Waals surface area contributed by atoms with Crippen LogP contribution in [0.1, 0.15) is 289 Å². The molecule has 798 valence electrons. The van der Waals surface area contributed by atoms with E-state index in [4.69, 9.17) is 0 Å². The molecule has 12 aromatic carbocycles. The van der Waals surface area contributed by atoms with Crippen LogP contribution in [0, 0.1) is 76.2 Å². The minimum absolute atomic E-state index is 0.0509. The average Bonchev–Trinajstić information content (AvgIpc) is 0.778. The first-order valence-corrected chi connectivity index (χ1v) is 61.6. The van der Waals surface area contributed by atoms with Crippen molar-refractivity contribution in [2.24, 2.45) is 0 Å². The van der Waals surface area contributed by atoms with Gasteiger partial charge in [-0.3, -0.25) is 29.4 Å². The van der Waals surface area contributed by atoms with Crippen LogP contribution in [0.15, 0.2) is 206 Å². The van der Waals surface area contributed by atoms with Crippen molar-refractivity contribution in [1.29, 1.82) is 0 Å². The highest BCUT2D eigenvalue weighted by atomic mass is 31.1.